The van der Waals surface area contributed by atoms with Gasteiger partial charge in [-0.2, -0.15) is 0 Å². The molecule has 0 saturated carbocycles. The topological polar surface area (TPSA) is 73.8 Å². The molecule has 0 bridgehead atoms. The summed E-state index contributed by atoms with van der Waals surface area (Å²) < 4.78 is 25.8. The number of rotatable bonds is 6. The van der Waals surface area contributed by atoms with Crippen LogP contribution < -0.4 is 10.0 Å². The van der Waals surface area contributed by atoms with Crippen LogP contribution in [0.15, 0.2) is 64.5 Å². The lowest BCUT2D eigenvalue weighted by atomic mass is 10.2. The van der Waals surface area contributed by atoms with E-state index in [1.165, 1.54) is 12.6 Å². The summed E-state index contributed by atoms with van der Waals surface area (Å²) in [5.41, 5.74) is 2.18. The van der Waals surface area contributed by atoms with Gasteiger partial charge in [0.15, 0.2) is 5.96 Å². The van der Waals surface area contributed by atoms with Crippen LogP contribution in [0.1, 0.15) is 11.1 Å². The van der Waals surface area contributed by atoms with Crippen molar-refractivity contribution in [2.45, 2.75) is 18.0 Å². The molecule has 6 nitrogen and oxygen atoms in total. The summed E-state index contributed by atoms with van der Waals surface area (Å²) in [6.45, 7) is 1.31. The zero-order valence-electron chi connectivity index (χ0n) is 15.1. The van der Waals surface area contributed by atoms with Gasteiger partial charge < -0.3 is 10.2 Å². The van der Waals surface area contributed by atoms with E-state index in [2.05, 4.69) is 27.2 Å². The number of hydrogen-bond acceptors (Lipinski definition) is 3. The Bertz CT molecular complexity index is 809. The summed E-state index contributed by atoms with van der Waals surface area (Å²) >= 11 is 0. The highest BCUT2D eigenvalue weighted by atomic mass is 127. The van der Waals surface area contributed by atoms with Crippen LogP contribution >= 0.6 is 24.0 Å². The molecule has 142 valence electrons. The number of nitrogens with one attached hydrogen (secondary N) is 2. The van der Waals surface area contributed by atoms with Crippen LogP contribution in [0.5, 0.6) is 0 Å². The molecule has 26 heavy (non-hydrogen) atoms. The minimum atomic E-state index is -3.40. The largest absolute Gasteiger partial charge is 0.352 e. The minimum absolute atomic E-state index is 0. The molecule has 0 amide bonds. The number of benzene rings is 2. The second kappa shape index (κ2) is 10.5. The number of sulfonamides is 1. The first-order valence-electron chi connectivity index (χ1n) is 7.94. The monoisotopic (exact) mass is 488 g/mol. The fraction of sp³-hybridized carbons (Fsp3) is 0.278. The quantitative estimate of drug-likeness (QED) is 0.372. The van der Waals surface area contributed by atoms with Gasteiger partial charge >= 0.3 is 0 Å². The number of halogens is 1. The van der Waals surface area contributed by atoms with Crippen molar-refractivity contribution in [2.75, 3.05) is 21.1 Å². The van der Waals surface area contributed by atoms with E-state index in [1.54, 1.807) is 31.3 Å². The lowest BCUT2D eigenvalue weighted by Crippen LogP contribution is -2.38. The van der Waals surface area contributed by atoms with Gasteiger partial charge in [-0.3, -0.25) is 4.99 Å². The summed E-state index contributed by atoms with van der Waals surface area (Å²) in [5.74, 6) is 0.774. The van der Waals surface area contributed by atoms with Gasteiger partial charge in [-0.25, -0.2) is 13.1 Å². The van der Waals surface area contributed by atoms with Gasteiger partial charge in [0, 0.05) is 27.2 Å². The van der Waals surface area contributed by atoms with E-state index in [-0.39, 0.29) is 28.9 Å². The van der Waals surface area contributed by atoms with E-state index in [0.29, 0.717) is 6.54 Å². The molecule has 0 aromatic heterocycles. The molecular formula is C18H25IN4O2S. The van der Waals surface area contributed by atoms with Crippen LogP contribution in [-0.4, -0.2) is 40.4 Å². The molecule has 0 fully saturated rings. The first-order valence-corrected chi connectivity index (χ1v) is 9.43. The molecule has 0 spiro atoms. The van der Waals surface area contributed by atoms with Crippen LogP contribution in [0.25, 0.3) is 0 Å². The smallest absolute Gasteiger partial charge is 0.240 e. The van der Waals surface area contributed by atoms with Crippen LogP contribution in [0.3, 0.4) is 0 Å². The molecule has 0 aliphatic rings. The van der Waals surface area contributed by atoms with Gasteiger partial charge in [-0.1, -0.05) is 42.5 Å². The van der Waals surface area contributed by atoms with Crippen molar-refractivity contribution in [1.29, 1.82) is 0 Å². The number of nitrogens with zero attached hydrogens (tertiary/aromatic N) is 2. The highest BCUT2D eigenvalue weighted by Crippen LogP contribution is 2.10. The summed E-state index contributed by atoms with van der Waals surface area (Å²) in [5, 5.41) is 3.29. The predicted octanol–water partition coefficient (Wildman–Crippen LogP) is 2.42. The standard InChI is InChI=1S/C18H24N4O2S.HI/c1-19-18(22(3)14-16-7-5-4-6-8-16)21-13-15-9-11-17(12-10-15)25(23,24)20-2;/h4-12,20H,13-14H2,1-3H3,(H,19,21);1H. The van der Waals surface area contributed by atoms with Crippen molar-refractivity contribution in [3.63, 3.8) is 0 Å². The fourth-order valence-corrected chi connectivity index (χ4v) is 3.13. The van der Waals surface area contributed by atoms with E-state index < -0.39 is 10.0 Å². The van der Waals surface area contributed by atoms with E-state index >= 15 is 0 Å². The average molecular weight is 488 g/mol. The molecule has 0 radical (unpaired) electrons. The van der Waals surface area contributed by atoms with Gasteiger partial charge in [0.1, 0.15) is 0 Å². The second-order valence-corrected chi connectivity index (χ2v) is 7.48. The van der Waals surface area contributed by atoms with Crippen molar-refractivity contribution < 1.29 is 8.42 Å². The maximum Gasteiger partial charge on any atom is 0.240 e. The minimum Gasteiger partial charge on any atom is -0.352 e. The van der Waals surface area contributed by atoms with E-state index in [9.17, 15) is 8.42 Å². The van der Waals surface area contributed by atoms with Gasteiger partial charge in [0.25, 0.3) is 0 Å². The zero-order valence-corrected chi connectivity index (χ0v) is 18.3. The molecule has 0 unspecified atom stereocenters. The highest BCUT2D eigenvalue weighted by molar-refractivity contribution is 14.0. The van der Waals surface area contributed by atoms with Gasteiger partial charge in [-0.05, 0) is 30.3 Å². The van der Waals surface area contributed by atoms with E-state index in [1.807, 2.05) is 30.1 Å². The Kier molecular flexibility index (Phi) is 9.03. The van der Waals surface area contributed by atoms with Crippen molar-refractivity contribution >= 4 is 40.0 Å². The molecule has 0 saturated heterocycles. The summed E-state index contributed by atoms with van der Waals surface area (Å²) in [7, 11) is 1.72. The molecule has 0 heterocycles. The Hall–Kier alpha value is -1.65. The Balaban J connectivity index is 0.00000338. The molecule has 2 aromatic rings. The predicted molar refractivity (Wildman–Crippen MR) is 116 cm³/mol. The maximum absolute atomic E-state index is 11.7. The molecular weight excluding hydrogens is 463 g/mol. The fourth-order valence-electron chi connectivity index (χ4n) is 2.40. The molecule has 0 atom stereocenters. The molecule has 2 N–H and O–H groups in total. The third-order valence-corrected chi connectivity index (χ3v) is 5.22. The van der Waals surface area contributed by atoms with Crippen LogP contribution in [-0.2, 0) is 23.1 Å². The normalized spacial score (nSPS) is 11.6. The van der Waals surface area contributed by atoms with Gasteiger partial charge in [0.2, 0.25) is 10.0 Å². The number of hydrogen-bond donors (Lipinski definition) is 2. The lowest BCUT2D eigenvalue weighted by Gasteiger charge is -2.22. The first kappa shape index (κ1) is 22.4. The lowest BCUT2D eigenvalue weighted by molar-refractivity contribution is 0.476. The Labute approximate surface area is 172 Å². The van der Waals surface area contributed by atoms with Gasteiger partial charge in [0.05, 0.1) is 4.90 Å². The van der Waals surface area contributed by atoms with Crippen molar-refractivity contribution in [3.8, 4) is 0 Å². The Morgan fingerprint density at radius 3 is 2.19 bits per heavy atom. The second-order valence-electron chi connectivity index (χ2n) is 5.59. The summed E-state index contributed by atoms with van der Waals surface area (Å²) in [4.78, 5) is 6.59. The zero-order chi connectivity index (χ0) is 18.3. The number of aliphatic imine (C=N–C) groups is 1. The van der Waals surface area contributed by atoms with Crippen molar-refractivity contribution in [1.82, 2.24) is 14.9 Å². The molecule has 0 aliphatic carbocycles. The van der Waals surface area contributed by atoms with Crippen LogP contribution in [0, 0.1) is 0 Å². The molecule has 2 aromatic carbocycles. The number of guanidine groups is 1. The Morgan fingerprint density at radius 2 is 1.65 bits per heavy atom. The molecule has 8 heteroatoms. The average Bonchev–Trinajstić information content (AvgIpc) is 2.63. The van der Waals surface area contributed by atoms with Crippen LogP contribution in [0.4, 0.5) is 0 Å². The maximum atomic E-state index is 11.7. The highest BCUT2D eigenvalue weighted by Gasteiger charge is 2.11. The molecule has 2 rings (SSSR count). The first-order chi connectivity index (χ1) is 12.0. The molecule has 0 aliphatic heterocycles. The van der Waals surface area contributed by atoms with E-state index in [4.69, 9.17) is 0 Å². The van der Waals surface area contributed by atoms with Gasteiger partial charge in [-0.15, -0.1) is 24.0 Å². The van der Waals surface area contributed by atoms with E-state index in [0.717, 1.165) is 18.1 Å². The van der Waals surface area contributed by atoms with Crippen molar-refractivity contribution in [2.24, 2.45) is 4.99 Å². The van der Waals surface area contributed by atoms with Crippen LogP contribution in [0.2, 0.25) is 0 Å². The summed E-state index contributed by atoms with van der Waals surface area (Å²) in [6.07, 6.45) is 0. The van der Waals surface area contributed by atoms with Crippen molar-refractivity contribution in [3.05, 3.63) is 65.7 Å². The SMILES string of the molecule is CN=C(NCc1ccc(S(=O)(=O)NC)cc1)N(C)Cc1ccccc1.I. The third-order valence-electron chi connectivity index (χ3n) is 3.79. The summed E-state index contributed by atoms with van der Waals surface area (Å²) in [6, 6.07) is 17.0. The third kappa shape index (κ3) is 6.26. The Morgan fingerprint density at radius 1 is 1.04 bits per heavy atom.